The zero-order chi connectivity index (χ0) is 13.0. The number of nitrogens with one attached hydrogen (secondary N) is 1. The van der Waals surface area contributed by atoms with Gasteiger partial charge in [-0.1, -0.05) is 18.2 Å². The van der Waals surface area contributed by atoms with E-state index < -0.39 is 0 Å². The summed E-state index contributed by atoms with van der Waals surface area (Å²) in [6.07, 6.45) is 2.03. The van der Waals surface area contributed by atoms with Crippen molar-refractivity contribution in [1.29, 1.82) is 0 Å². The van der Waals surface area contributed by atoms with Crippen molar-refractivity contribution in [2.75, 3.05) is 12.8 Å². The fourth-order valence-electron chi connectivity index (χ4n) is 2.15. The van der Waals surface area contributed by atoms with E-state index in [4.69, 9.17) is 5.73 Å². The van der Waals surface area contributed by atoms with Crippen molar-refractivity contribution in [2.24, 2.45) is 0 Å². The molecule has 0 aliphatic carbocycles. The van der Waals surface area contributed by atoms with Gasteiger partial charge in [0.15, 0.2) is 0 Å². The first kappa shape index (κ1) is 13.1. The molecule has 1 aromatic carbocycles. The van der Waals surface area contributed by atoms with Crippen molar-refractivity contribution < 1.29 is 0 Å². The summed E-state index contributed by atoms with van der Waals surface area (Å²) in [5.41, 5.74) is 9.56. The topological polar surface area (TPSA) is 38.0 Å². The molecule has 0 bridgehead atoms. The first-order chi connectivity index (χ1) is 8.70. The Kier molecular flexibility index (Phi) is 4.39. The van der Waals surface area contributed by atoms with Crippen LogP contribution in [0.15, 0.2) is 35.7 Å². The highest BCUT2D eigenvalue weighted by Gasteiger charge is 2.11. The lowest BCUT2D eigenvalue weighted by atomic mass is 9.98. The summed E-state index contributed by atoms with van der Waals surface area (Å²) in [6.45, 7) is 2.18. The van der Waals surface area contributed by atoms with Gasteiger partial charge in [0.25, 0.3) is 0 Å². The highest BCUT2D eigenvalue weighted by Crippen LogP contribution is 2.19. The maximum absolute atomic E-state index is 6.00. The van der Waals surface area contributed by atoms with E-state index in [-0.39, 0.29) is 0 Å². The molecule has 96 valence electrons. The average Bonchev–Trinajstić information content (AvgIpc) is 2.77. The van der Waals surface area contributed by atoms with E-state index >= 15 is 0 Å². The summed E-state index contributed by atoms with van der Waals surface area (Å²) in [6, 6.07) is 10.8. The van der Waals surface area contributed by atoms with Gasteiger partial charge in [0.05, 0.1) is 0 Å². The van der Waals surface area contributed by atoms with E-state index in [1.165, 1.54) is 16.0 Å². The third kappa shape index (κ3) is 3.12. The molecule has 3 N–H and O–H groups in total. The van der Waals surface area contributed by atoms with Crippen LogP contribution in [0.2, 0.25) is 0 Å². The van der Waals surface area contributed by atoms with E-state index in [9.17, 15) is 0 Å². The molecule has 0 amide bonds. The third-order valence-electron chi connectivity index (χ3n) is 3.36. The Morgan fingerprint density at radius 2 is 1.89 bits per heavy atom. The standard InChI is InChI=1S/C15H20N2S/c1-11-12(7-8-18-11)9-14(17-2)10-13-5-3-4-6-15(13)16/h3-8,14,17H,9-10,16H2,1-2H3. The lowest BCUT2D eigenvalue weighted by Crippen LogP contribution is -2.30. The quantitative estimate of drug-likeness (QED) is 0.811. The van der Waals surface area contributed by atoms with Gasteiger partial charge in [0, 0.05) is 16.6 Å². The Bertz CT molecular complexity index is 505. The Morgan fingerprint density at radius 1 is 1.17 bits per heavy atom. The Hall–Kier alpha value is -1.32. The molecule has 0 radical (unpaired) electrons. The van der Waals surface area contributed by atoms with Crippen molar-refractivity contribution in [3.8, 4) is 0 Å². The zero-order valence-corrected chi connectivity index (χ0v) is 11.8. The van der Waals surface area contributed by atoms with Gasteiger partial charge in [-0.25, -0.2) is 0 Å². The Labute approximate surface area is 113 Å². The molecule has 2 aromatic rings. The monoisotopic (exact) mass is 260 g/mol. The molecule has 0 saturated carbocycles. The van der Waals surface area contributed by atoms with Crippen LogP contribution in [0.5, 0.6) is 0 Å². The lowest BCUT2D eigenvalue weighted by molar-refractivity contribution is 0.557. The second kappa shape index (κ2) is 6.03. The van der Waals surface area contributed by atoms with Crippen molar-refractivity contribution in [3.05, 3.63) is 51.7 Å². The first-order valence-electron chi connectivity index (χ1n) is 6.24. The molecule has 0 saturated heterocycles. The molecule has 0 aliphatic heterocycles. The largest absolute Gasteiger partial charge is 0.399 e. The SMILES string of the molecule is CNC(Cc1ccccc1N)Cc1ccsc1C. The van der Waals surface area contributed by atoms with E-state index in [1.807, 2.05) is 36.6 Å². The molecular weight excluding hydrogens is 240 g/mol. The lowest BCUT2D eigenvalue weighted by Gasteiger charge is -2.17. The maximum atomic E-state index is 6.00. The number of hydrogen-bond acceptors (Lipinski definition) is 3. The number of hydrogen-bond donors (Lipinski definition) is 2. The molecule has 1 unspecified atom stereocenters. The average molecular weight is 260 g/mol. The Morgan fingerprint density at radius 3 is 2.50 bits per heavy atom. The second-order valence-corrected chi connectivity index (χ2v) is 5.71. The van der Waals surface area contributed by atoms with Crippen LogP contribution in [0.1, 0.15) is 16.0 Å². The normalized spacial score (nSPS) is 12.6. The van der Waals surface area contributed by atoms with Gasteiger partial charge in [0.2, 0.25) is 0 Å². The molecule has 2 rings (SSSR count). The van der Waals surface area contributed by atoms with Gasteiger partial charge < -0.3 is 11.1 Å². The minimum Gasteiger partial charge on any atom is -0.399 e. The summed E-state index contributed by atoms with van der Waals surface area (Å²) < 4.78 is 0. The predicted octanol–water partition coefficient (Wildman–Crippen LogP) is 3.01. The van der Waals surface area contributed by atoms with Crippen LogP contribution in [-0.4, -0.2) is 13.1 Å². The number of aryl methyl sites for hydroxylation is 1. The number of thiophene rings is 1. The van der Waals surface area contributed by atoms with Gasteiger partial charge in [-0.2, -0.15) is 0 Å². The zero-order valence-electron chi connectivity index (χ0n) is 10.9. The molecule has 18 heavy (non-hydrogen) atoms. The van der Waals surface area contributed by atoms with E-state index in [2.05, 4.69) is 29.8 Å². The minimum absolute atomic E-state index is 0.433. The smallest absolute Gasteiger partial charge is 0.0347 e. The summed E-state index contributed by atoms with van der Waals surface area (Å²) in [5, 5.41) is 5.55. The second-order valence-electron chi connectivity index (χ2n) is 4.59. The molecular formula is C15H20N2S. The number of nitrogens with two attached hydrogens (primary N) is 1. The van der Waals surface area contributed by atoms with Crippen LogP contribution < -0.4 is 11.1 Å². The highest BCUT2D eigenvalue weighted by atomic mass is 32.1. The molecule has 0 fully saturated rings. The van der Waals surface area contributed by atoms with Gasteiger partial charge in [-0.15, -0.1) is 11.3 Å². The van der Waals surface area contributed by atoms with E-state index in [0.29, 0.717) is 6.04 Å². The van der Waals surface area contributed by atoms with Crippen molar-refractivity contribution in [3.63, 3.8) is 0 Å². The predicted molar refractivity (Wildman–Crippen MR) is 80.2 cm³/mol. The third-order valence-corrected chi connectivity index (χ3v) is 4.25. The summed E-state index contributed by atoms with van der Waals surface area (Å²) in [4.78, 5) is 1.41. The number of benzene rings is 1. The van der Waals surface area contributed by atoms with Crippen LogP contribution in [0, 0.1) is 6.92 Å². The number of anilines is 1. The number of para-hydroxylation sites is 1. The van der Waals surface area contributed by atoms with Gasteiger partial charge in [0.1, 0.15) is 0 Å². The van der Waals surface area contributed by atoms with E-state index in [0.717, 1.165) is 18.5 Å². The van der Waals surface area contributed by atoms with Crippen molar-refractivity contribution in [2.45, 2.75) is 25.8 Å². The number of rotatable bonds is 5. The van der Waals surface area contributed by atoms with Crippen LogP contribution in [0.25, 0.3) is 0 Å². The summed E-state index contributed by atoms with van der Waals surface area (Å²) >= 11 is 1.81. The van der Waals surface area contributed by atoms with Crippen molar-refractivity contribution >= 4 is 17.0 Å². The molecule has 1 atom stereocenters. The minimum atomic E-state index is 0.433. The van der Waals surface area contributed by atoms with Gasteiger partial charge >= 0.3 is 0 Å². The van der Waals surface area contributed by atoms with Crippen LogP contribution in [0.3, 0.4) is 0 Å². The molecule has 0 aliphatic rings. The summed E-state index contributed by atoms with van der Waals surface area (Å²) in [7, 11) is 2.02. The molecule has 1 heterocycles. The first-order valence-corrected chi connectivity index (χ1v) is 7.12. The van der Waals surface area contributed by atoms with E-state index in [1.54, 1.807) is 0 Å². The fourth-order valence-corrected chi connectivity index (χ4v) is 2.89. The number of likely N-dealkylation sites (N-methyl/N-ethyl adjacent to an activating group) is 1. The van der Waals surface area contributed by atoms with Crippen LogP contribution in [0.4, 0.5) is 5.69 Å². The molecule has 0 spiro atoms. The van der Waals surface area contributed by atoms with Crippen LogP contribution in [-0.2, 0) is 12.8 Å². The number of nitrogen functional groups attached to an aromatic ring is 1. The Balaban J connectivity index is 2.06. The maximum Gasteiger partial charge on any atom is 0.0347 e. The molecule has 1 aromatic heterocycles. The fraction of sp³-hybridized carbons (Fsp3) is 0.333. The highest BCUT2D eigenvalue weighted by molar-refractivity contribution is 7.10. The summed E-state index contributed by atoms with van der Waals surface area (Å²) in [5.74, 6) is 0. The van der Waals surface area contributed by atoms with Crippen LogP contribution >= 0.6 is 11.3 Å². The molecule has 3 heteroatoms. The van der Waals surface area contributed by atoms with Crippen molar-refractivity contribution in [1.82, 2.24) is 5.32 Å². The van der Waals surface area contributed by atoms with Gasteiger partial charge in [-0.3, -0.25) is 0 Å². The van der Waals surface area contributed by atoms with Gasteiger partial charge in [-0.05, 0) is 55.5 Å². The molecule has 2 nitrogen and oxygen atoms in total.